The van der Waals surface area contributed by atoms with E-state index in [1.165, 1.54) is 0 Å². The minimum absolute atomic E-state index is 0.0178. The molecule has 14 heavy (non-hydrogen) atoms. The number of rotatable bonds is 5. The molecule has 0 saturated carbocycles. The summed E-state index contributed by atoms with van der Waals surface area (Å²) in [6, 6.07) is -1.24. The van der Waals surface area contributed by atoms with E-state index in [1.807, 2.05) is 0 Å². The predicted octanol–water partition coefficient (Wildman–Crippen LogP) is 0.441. The van der Waals surface area contributed by atoms with Crippen LogP contribution in [-0.4, -0.2) is 34.3 Å². The third-order valence-electron chi connectivity index (χ3n) is 1.81. The zero-order valence-electron chi connectivity index (χ0n) is 8.08. The SMILES string of the molecule is CC(C)CC(N)C(O)C(F)(F)C(=O)O. The molecular weight excluding hydrogens is 196 g/mol. The fourth-order valence-electron chi connectivity index (χ4n) is 1.07. The molecule has 0 amide bonds. The van der Waals surface area contributed by atoms with Gasteiger partial charge in [-0.05, 0) is 12.3 Å². The van der Waals surface area contributed by atoms with Gasteiger partial charge in [-0.15, -0.1) is 0 Å². The number of hydrogen-bond donors (Lipinski definition) is 3. The maximum absolute atomic E-state index is 12.7. The Labute approximate surface area is 80.7 Å². The summed E-state index contributed by atoms with van der Waals surface area (Å²) in [6.07, 6.45) is -2.20. The molecule has 2 unspecified atom stereocenters. The Hall–Kier alpha value is -0.750. The molecule has 6 heteroatoms. The number of aliphatic hydroxyl groups excluding tert-OH is 1. The summed E-state index contributed by atoms with van der Waals surface area (Å²) >= 11 is 0. The van der Waals surface area contributed by atoms with Crippen molar-refractivity contribution in [3.8, 4) is 0 Å². The monoisotopic (exact) mass is 211 g/mol. The highest BCUT2D eigenvalue weighted by Gasteiger charge is 2.49. The van der Waals surface area contributed by atoms with Crippen LogP contribution in [0.25, 0.3) is 0 Å². The summed E-state index contributed by atoms with van der Waals surface area (Å²) in [6.45, 7) is 3.48. The summed E-state index contributed by atoms with van der Waals surface area (Å²) in [5, 5.41) is 17.1. The number of hydrogen-bond acceptors (Lipinski definition) is 3. The van der Waals surface area contributed by atoms with Crippen molar-refractivity contribution < 1.29 is 23.8 Å². The van der Waals surface area contributed by atoms with E-state index in [2.05, 4.69) is 0 Å². The van der Waals surface area contributed by atoms with E-state index in [4.69, 9.17) is 15.9 Å². The summed E-state index contributed by atoms with van der Waals surface area (Å²) in [5.74, 6) is -6.53. The fraction of sp³-hybridized carbons (Fsp3) is 0.875. The number of carboxylic acid groups (broad SMARTS) is 1. The highest BCUT2D eigenvalue weighted by molar-refractivity contribution is 5.76. The van der Waals surface area contributed by atoms with Crippen LogP contribution in [0.15, 0.2) is 0 Å². The lowest BCUT2D eigenvalue weighted by Gasteiger charge is -2.25. The smallest absolute Gasteiger partial charge is 0.377 e. The third kappa shape index (κ3) is 3.19. The van der Waals surface area contributed by atoms with Gasteiger partial charge in [0.1, 0.15) is 6.10 Å². The van der Waals surface area contributed by atoms with Crippen LogP contribution in [0.3, 0.4) is 0 Å². The molecule has 0 fully saturated rings. The maximum Gasteiger partial charge on any atom is 0.377 e. The van der Waals surface area contributed by atoms with E-state index in [1.54, 1.807) is 13.8 Å². The van der Waals surface area contributed by atoms with E-state index in [0.717, 1.165) is 0 Å². The van der Waals surface area contributed by atoms with Gasteiger partial charge in [-0.25, -0.2) is 4.79 Å². The van der Waals surface area contributed by atoms with Gasteiger partial charge in [0.25, 0.3) is 0 Å². The Bertz CT molecular complexity index is 209. The van der Waals surface area contributed by atoms with Gasteiger partial charge in [-0.2, -0.15) is 8.78 Å². The molecule has 0 saturated heterocycles. The van der Waals surface area contributed by atoms with Gasteiger partial charge < -0.3 is 15.9 Å². The molecule has 0 rings (SSSR count). The van der Waals surface area contributed by atoms with Gasteiger partial charge in [0.15, 0.2) is 0 Å². The van der Waals surface area contributed by atoms with Crippen LogP contribution < -0.4 is 5.73 Å². The minimum Gasteiger partial charge on any atom is -0.477 e. The summed E-state index contributed by atoms with van der Waals surface area (Å²) < 4.78 is 25.4. The number of carbonyl (C=O) groups is 1. The van der Waals surface area contributed by atoms with Gasteiger partial charge in [0.05, 0.1) is 0 Å². The van der Waals surface area contributed by atoms with E-state index < -0.39 is 24.0 Å². The van der Waals surface area contributed by atoms with Gasteiger partial charge in [-0.3, -0.25) is 0 Å². The van der Waals surface area contributed by atoms with Gasteiger partial charge >= 0.3 is 11.9 Å². The topological polar surface area (TPSA) is 83.5 Å². The quantitative estimate of drug-likeness (QED) is 0.616. The second-order valence-corrected chi connectivity index (χ2v) is 3.67. The fourth-order valence-corrected chi connectivity index (χ4v) is 1.07. The van der Waals surface area contributed by atoms with Crippen molar-refractivity contribution in [1.82, 2.24) is 0 Å². The summed E-state index contributed by atoms with van der Waals surface area (Å²) in [7, 11) is 0. The zero-order chi connectivity index (χ0) is 11.5. The summed E-state index contributed by atoms with van der Waals surface area (Å²) in [5.41, 5.74) is 5.25. The molecule has 84 valence electrons. The Balaban J connectivity index is 4.44. The number of aliphatic hydroxyl groups is 1. The van der Waals surface area contributed by atoms with E-state index in [9.17, 15) is 13.6 Å². The first-order chi connectivity index (χ1) is 6.19. The molecule has 0 heterocycles. The summed E-state index contributed by atoms with van der Waals surface area (Å²) in [4.78, 5) is 10.1. The third-order valence-corrected chi connectivity index (χ3v) is 1.81. The van der Waals surface area contributed by atoms with Crippen molar-refractivity contribution in [2.45, 2.75) is 38.3 Å². The number of aliphatic carboxylic acids is 1. The molecule has 0 aromatic heterocycles. The highest BCUT2D eigenvalue weighted by Crippen LogP contribution is 2.23. The van der Waals surface area contributed by atoms with Crippen LogP contribution in [0.1, 0.15) is 20.3 Å². The predicted molar refractivity (Wildman–Crippen MR) is 46.0 cm³/mol. The molecule has 0 radical (unpaired) electrons. The molecule has 0 aromatic rings. The number of carboxylic acids is 1. The molecule has 4 N–H and O–H groups in total. The minimum atomic E-state index is -4.19. The second kappa shape index (κ2) is 4.65. The lowest BCUT2D eigenvalue weighted by atomic mass is 9.96. The first-order valence-electron chi connectivity index (χ1n) is 4.24. The molecule has 0 aliphatic carbocycles. The van der Waals surface area contributed by atoms with Crippen LogP contribution in [0.4, 0.5) is 8.78 Å². The lowest BCUT2D eigenvalue weighted by molar-refractivity contribution is -0.184. The maximum atomic E-state index is 12.7. The Morgan fingerprint density at radius 3 is 2.21 bits per heavy atom. The van der Waals surface area contributed by atoms with Crippen LogP contribution in [0.2, 0.25) is 0 Å². The Morgan fingerprint density at radius 1 is 1.50 bits per heavy atom. The highest BCUT2D eigenvalue weighted by atomic mass is 19.3. The van der Waals surface area contributed by atoms with Crippen LogP contribution >= 0.6 is 0 Å². The van der Waals surface area contributed by atoms with Crippen molar-refractivity contribution in [1.29, 1.82) is 0 Å². The van der Waals surface area contributed by atoms with Crippen LogP contribution in [-0.2, 0) is 4.79 Å². The van der Waals surface area contributed by atoms with Crippen molar-refractivity contribution >= 4 is 5.97 Å². The standard InChI is InChI=1S/C8H15F2NO3/c1-4(2)3-5(11)6(12)8(9,10)7(13)14/h4-6,12H,3,11H2,1-2H3,(H,13,14). The van der Waals surface area contributed by atoms with E-state index in [-0.39, 0.29) is 12.3 Å². The number of halogens is 2. The van der Waals surface area contributed by atoms with Crippen molar-refractivity contribution in [2.24, 2.45) is 11.7 Å². The van der Waals surface area contributed by atoms with Crippen molar-refractivity contribution in [2.75, 3.05) is 0 Å². The molecule has 0 aromatic carbocycles. The lowest BCUT2D eigenvalue weighted by Crippen LogP contribution is -2.51. The Kier molecular flexibility index (Phi) is 4.41. The van der Waals surface area contributed by atoms with E-state index in [0.29, 0.717) is 0 Å². The number of nitrogens with two attached hydrogens (primary N) is 1. The molecule has 0 aliphatic heterocycles. The molecule has 0 spiro atoms. The second-order valence-electron chi connectivity index (χ2n) is 3.67. The molecule has 2 atom stereocenters. The first-order valence-corrected chi connectivity index (χ1v) is 4.24. The molecule has 0 aliphatic rings. The van der Waals surface area contributed by atoms with Gasteiger partial charge in [-0.1, -0.05) is 13.8 Å². The molecule has 0 bridgehead atoms. The first kappa shape index (κ1) is 13.2. The number of alkyl halides is 2. The van der Waals surface area contributed by atoms with E-state index >= 15 is 0 Å². The van der Waals surface area contributed by atoms with Crippen molar-refractivity contribution in [3.63, 3.8) is 0 Å². The van der Waals surface area contributed by atoms with Crippen LogP contribution in [0, 0.1) is 5.92 Å². The largest absolute Gasteiger partial charge is 0.477 e. The van der Waals surface area contributed by atoms with Crippen LogP contribution in [0.5, 0.6) is 0 Å². The average Bonchev–Trinajstić information content (AvgIpc) is 2.01. The molecular formula is C8H15F2NO3. The molecule has 4 nitrogen and oxygen atoms in total. The zero-order valence-corrected chi connectivity index (χ0v) is 8.08. The Morgan fingerprint density at radius 2 is 1.93 bits per heavy atom. The normalized spacial score (nSPS) is 16.8. The van der Waals surface area contributed by atoms with Gasteiger partial charge in [0.2, 0.25) is 0 Å². The van der Waals surface area contributed by atoms with Crippen molar-refractivity contribution in [3.05, 3.63) is 0 Å². The average molecular weight is 211 g/mol. The van der Waals surface area contributed by atoms with Gasteiger partial charge in [0, 0.05) is 6.04 Å².